The van der Waals surface area contributed by atoms with E-state index in [2.05, 4.69) is 4.90 Å². The van der Waals surface area contributed by atoms with Crippen LogP contribution in [0.5, 0.6) is 0 Å². The molecule has 0 radical (unpaired) electrons. The van der Waals surface area contributed by atoms with Crippen molar-refractivity contribution < 1.29 is 13.6 Å². The van der Waals surface area contributed by atoms with Gasteiger partial charge in [-0.3, -0.25) is 4.79 Å². The molecule has 2 heterocycles. The summed E-state index contributed by atoms with van der Waals surface area (Å²) in [6.45, 7) is 6.43. The van der Waals surface area contributed by atoms with E-state index in [1.165, 1.54) is 6.07 Å². The number of hydrogen-bond donors (Lipinski definition) is 0. The van der Waals surface area contributed by atoms with Crippen molar-refractivity contribution in [1.82, 2.24) is 9.80 Å². The van der Waals surface area contributed by atoms with Crippen LogP contribution in [0.1, 0.15) is 41.6 Å². The molecule has 1 aliphatic rings. The molecule has 6 heteroatoms. The number of piperidine rings is 1. The molecule has 0 unspecified atom stereocenters. The van der Waals surface area contributed by atoms with E-state index in [0.717, 1.165) is 62.5 Å². The molecule has 1 atom stereocenters. The zero-order valence-corrected chi connectivity index (χ0v) is 18.2. The number of thioether (sulfide) groups is 1. The maximum absolute atomic E-state index is 13.4. The average molecular weight is 419 g/mol. The summed E-state index contributed by atoms with van der Waals surface area (Å²) in [5.41, 5.74) is 1.04. The lowest BCUT2D eigenvalue weighted by atomic mass is 9.96. The van der Waals surface area contributed by atoms with Crippen LogP contribution in [0.3, 0.4) is 0 Å². The smallest absolute Gasteiger partial charge is 0.289 e. The first-order valence-corrected chi connectivity index (χ1v) is 11.8. The fourth-order valence-electron chi connectivity index (χ4n) is 4.02. The van der Waals surface area contributed by atoms with E-state index in [-0.39, 0.29) is 11.7 Å². The second-order valence-electron chi connectivity index (χ2n) is 7.73. The van der Waals surface area contributed by atoms with Gasteiger partial charge in [0.15, 0.2) is 5.76 Å². The van der Waals surface area contributed by atoms with Crippen LogP contribution in [0.25, 0.3) is 0 Å². The van der Waals surface area contributed by atoms with E-state index in [1.807, 2.05) is 30.2 Å². The number of likely N-dealkylation sites (tertiary alicyclic amines) is 1. The molecule has 1 aliphatic heterocycles. The Morgan fingerprint density at radius 1 is 1.34 bits per heavy atom. The van der Waals surface area contributed by atoms with Crippen LogP contribution in [-0.4, -0.2) is 54.7 Å². The Morgan fingerprint density at radius 3 is 2.97 bits per heavy atom. The Balaban J connectivity index is 1.52. The molecule has 4 nitrogen and oxygen atoms in total. The Labute approximate surface area is 177 Å². The molecule has 158 valence electrons. The highest BCUT2D eigenvalue weighted by Crippen LogP contribution is 2.21. The van der Waals surface area contributed by atoms with E-state index in [9.17, 15) is 9.18 Å². The van der Waals surface area contributed by atoms with Crippen LogP contribution in [0.15, 0.2) is 40.8 Å². The minimum atomic E-state index is -0.172. The third-order valence-corrected chi connectivity index (χ3v) is 6.09. The van der Waals surface area contributed by atoms with Gasteiger partial charge in [-0.05, 0) is 74.7 Å². The van der Waals surface area contributed by atoms with Crippen LogP contribution in [0.2, 0.25) is 0 Å². The van der Waals surface area contributed by atoms with Gasteiger partial charge < -0.3 is 14.2 Å². The molecule has 1 fully saturated rings. The molecule has 0 aliphatic carbocycles. The van der Waals surface area contributed by atoms with Crippen molar-refractivity contribution in [3.63, 3.8) is 0 Å². The third-order valence-electron chi connectivity index (χ3n) is 5.52. The minimum absolute atomic E-state index is 0.0169. The summed E-state index contributed by atoms with van der Waals surface area (Å²) < 4.78 is 19.1. The summed E-state index contributed by atoms with van der Waals surface area (Å²) >= 11 is 1.68. The lowest BCUT2D eigenvalue weighted by Gasteiger charge is -2.35. The standard InChI is InChI=1S/C23H31FN2O2S/c1-3-26(23(27)22-10-9-21(28-22)17-29-2)16-19-7-5-12-25(15-19)13-11-18-6-4-8-20(24)14-18/h4,6,8-10,14,19H,3,5,7,11-13,15-17H2,1-2H3/t19-/m0/s1. The summed E-state index contributed by atoms with van der Waals surface area (Å²) in [5.74, 6) is 2.34. The zero-order valence-electron chi connectivity index (χ0n) is 17.4. The number of amides is 1. The molecule has 0 spiro atoms. The van der Waals surface area contributed by atoms with E-state index >= 15 is 0 Å². The van der Waals surface area contributed by atoms with Gasteiger partial charge in [0.1, 0.15) is 11.6 Å². The van der Waals surface area contributed by atoms with Crippen molar-refractivity contribution in [3.05, 3.63) is 59.3 Å². The van der Waals surface area contributed by atoms with Crippen LogP contribution in [0.4, 0.5) is 4.39 Å². The fraction of sp³-hybridized carbons (Fsp3) is 0.522. The van der Waals surface area contributed by atoms with E-state index < -0.39 is 0 Å². The second-order valence-corrected chi connectivity index (χ2v) is 8.60. The number of hydrogen-bond acceptors (Lipinski definition) is 4. The molecule has 0 saturated carbocycles. The second kappa shape index (κ2) is 10.8. The highest BCUT2D eigenvalue weighted by molar-refractivity contribution is 7.97. The highest BCUT2D eigenvalue weighted by Gasteiger charge is 2.25. The van der Waals surface area contributed by atoms with Gasteiger partial charge in [-0.2, -0.15) is 11.8 Å². The first-order valence-electron chi connectivity index (χ1n) is 10.4. The largest absolute Gasteiger partial charge is 0.455 e. The SMILES string of the molecule is CCN(C[C@H]1CCCN(CCc2cccc(F)c2)C1)C(=O)c1ccc(CSC)o1. The average Bonchev–Trinajstić information content (AvgIpc) is 3.19. The highest BCUT2D eigenvalue weighted by atomic mass is 32.2. The van der Waals surface area contributed by atoms with Crippen molar-refractivity contribution in [2.75, 3.05) is 39.0 Å². The van der Waals surface area contributed by atoms with Gasteiger partial charge in [0.25, 0.3) is 5.91 Å². The Kier molecular flexibility index (Phi) is 8.19. The molecule has 1 aromatic carbocycles. The van der Waals surface area contributed by atoms with Crippen molar-refractivity contribution >= 4 is 17.7 Å². The van der Waals surface area contributed by atoms with Crippen molar-refractivity contribution in [2.24, 2.45) is 5.92 Å². The lowest BCUT2D eigenvalue weighted by molar-refractivity contribution is 0.0658. The van der Waals surface area contributed by atoms with E-state index in [1.54, 1.807) is 30.0 Å². The third kappa shape index (κ3) is 6.34. The predicted octanol–water partition coefficient (Wildman–Crippen LogP) is 4.70. The fourth-order valence-corrected chi connectivity index (χ4v) is 4.46. The number of halogens is 1. The van der Waals surface area contributed by atoms with Crippen molar-refractivity contribution in [1.29, 1.82) is 0 Å². The first-order chi connectivity index (χ1) is 14.1. The molecule has 0 N–H and O–H groups in total. The van der Waals surface area contributed by atoms with E-state index in [4.69, 9.17) is 4.42 Å². The molecule has 3 rings (SSSR count). The minimum Gasteiger partial charge on any atom is -0.455 e. The predicted molar refractivity (Wildman–Crippen MR) is 117 cm³/mol. The summed E-state index contributed by atoms with van der Waals surface area (Å²) in [4.78, 5) is 17.2. The van der Waals surface area contributed by atoms with E-state index in [0.29, 0.717) is 18.2 Å². The Hall–Kier alpha value is -1.79. The zero-order chi connectivity index (χ0) is 20.6. The summed E-state index contributed by atoms with van der Waals surface area (Å²) in [5, 5.41) is 0. The van der Waals surface area contributed by atoms with Gasteiger partial charge >= 0.3 is 0 Å². The quantitative estimate of drug-likeness (QED) is 0.592. The number of benzene rings is 1. The lowest BCUT2D eigenvalue weighted by Crippen LogP contribution is -2.43. The molecule has 0 bridgehead atoms. The van der Waals surface area contributed by atoms with Crippen molar-refractivity contribution in [2.45, 2.75) is 31.9 Å². The molecule has 1 amide bonds. The molecule has 1 aromatic heterocycles. The number of furan rings is 1. The van der Waals surface area contributed by atoms with Crippen molar-refractivity contribution in [3.8, 4) is 0 Å². The van der Waals surface area contributed by atoms with Crippen LogP contribution in [-0.2, 0) is 12.2 Å². The molecule has 29 heavy (non-hydrogen) atoms. The maximum Gasteiger partial charge on any atom is 0.289 e. The molecule has 2 aromatic rings. The number of carbonyl (C=O) groups excluding carboxylic acids is 1. The normalized spacial score (nSPS) is 17.4. The summed E-state index contributed by atoms with van der Waals surface area (Å²) in [7, 11) is 0. The monoisotopic (exact) mass is 418 g/mol. The van der Waals surface area contributed by atoms with Gasteiger partial charge in [0, 0.05) is 26.2 Å². The van der Waals surface area contributed by atoms with Crippen LogP contribution < -0.4 is 0 Å². The van der Waals surface area contributed by atoms with Gasteiger partial charge in [0.05, 0.1) is 5.75 Å². The molecule has 1 saturated heterocycles. The Bertz CT molecular complexity index is 795. The van der Waals surface area contributed by atoms with Crippen LogP contribution >= 0.6 is 11.8 Å². The number of carbonyl (C=O) groups is 1. The van der Waals surface area contributed by atoms with Crippen LogP contribution in [0, 0.1) is 11.7 Å². The summed E-state index contributed by atoms with van der Waals surface area (Å²) in [6.07, 6.45) is 5.14. The topological polar surface area (TPSA) is 36.7 Å². The van der Waals surface area contributed by atoms with Gasteiger partial charge in [-0.25, -0.2) is 4.39 Å². The van der Waals surface area contributed by atoms with Gasteiger partial charge in [0.2, 0.25) is 0 Å². The van der Waals surface area contributed by atoms with Gasteiger partial charge in [-0.1, -0.05) is 12.1 Å². The maximum atomic E-state index is 13.4. The number of nitrogens with zero attached hydrogens (tertiary/aromatic N) is 2. The first kappa shape index (κ1) is 21.9. The number of rotatable bonds is 9. The Morgan fingerprint density at radius 2 is 2.21 bits per heavy atom. The molecular formula is C23H31FN2O2S. The summed E-state index contributed by atoms with van der Waals surface area (Å²) in [6, 6.07) is 10.5. The molecular weight excluding hydrogens is 387 g/mol. The van der Waals surface area contributed by atoms with Gasteiger partial charge in [-0.15, -0.1) is 0 Å².